The van der Waals surface area contributed by atoms with Crippen LogP contribution >= 0.6 is 0 Å². The second kappa shape index (κ2) is 3.93. The van der Waals surface area contributed by atoms with Crippen molar-refractivity contribution in [2.45, 2.75) is 34.1 Å². The van der Waals surface area contributed by atoms with Crippen LogP contribution in [0.1, 0.15) is 34.1 Å². The van der Waals surface area contributed by atoms with Gasteiger partial charge in [0.1, 0.15) is 0 Å². The van der Waals surface area contributed by atoms with E-state index in [1.54, 1.807) is 0 Å². The average molecular weight is 165 g/mol. The zero-order valence-corrected chi connectivity index (χ0v) is 8.85. The van der Waals surface area contributed by atoms with Gasteiger partial charge in [0.2, 0.25) is 0 Å². The largest absolute Gasteiger partial charge is 0.103 e. The third-order valence-electron chi connectivity index (χ3n) is 1.96. The number of rotatable bonds is 5. The molecule has 0 amide bonds. The quantitative estimate of drug-likeness (QED) is 0.540. The Morgan fingerprint density at radius 1 is 1.08 bits per heavy atom. The van der Waals surface area contributed by atoms with E-state index in [1.165, 1.54) is 0 Å². The molecule has 0 aliphatic carbocycles. The van der Waals surface area contributed by atoms with Gasteiger partial charge in [-0.05, 0) is 23.7 Å². The molecule has 0 aliphatic heterocycles. The summed E-state index contributed by atoms with van der Waals surface area (Å²) in [7, 11) is 0. The van der Waals surface area contributed by atoms with Crippen molar-refractivity contribution in [1.82, 2.24) is 0 Å². The summed E-state index contributed by atoms with van der Waals surface area (Å²) in [4.78, 5) is 0. The fourth-order valence-corrected chi connectivity index (χ4v) is 1.50. The Balaban J connectivity index is 4.21. The van der Waals surface area contributed by atoms with Gasteiger partial charge in [-0.15, -0.1) is 13.2 Å². The van der Waals surface area contributed by atoms with E-state index in [-0.39, 0.29) is 10.8 Å². The van der Waals surface area contributed by atoms with Gasteiger partial charge in [-0.2, -0.15) is 0 Å². The molecule has 69 valence electrons. The van der Waals surface area contributed by atoms with Crippen LogP contribution in [-0.4, -0.2) is 0 Å². The summed E-state index contributed by atoms with van der Waals surface area (Å²) in [5, 5.41) is 0. The normalized spacial score (nSPS) is 12.7. The van der Waals surface area contributed by atoms with Gasteiger partial charge in [0, 0.05) is 0 Å². The van der Waals surface area contributed by atoms with Crippen LogP contribution in [0.15, 0.2) is 25.3 Å². The highest BCUT2D eigenvalue weighted by Crippen LogP contribution is 2.35. The van der Waals surface area contributed by atoms with E-state index >= 15 is 0 Å². The van der Waals surface area contributed by atoms with E-state index < -0.39 is 0 Å². The molecule has 0 aromatic heterocycles. The lowest BCUT2D eigenvalue weighted by Gasteiger charge is -2.31. The van der Waals surface area contributed by atoms with Gasteiger partial charge in [-0.1, -0.05) is 39.8 Å². The third-order valence-corrected chi connectivity index (χ3v) is 1.96. The summed E-state index contributed by atoms with van der Waals surface area (Å²) >= 11 is 0. The molecule has 1 radical (unpaired) electrons. The molecule has 0 aliphatic rings. The standard InChI is InChI=1S/C12H21/c1-7-9-12(5,6)10-11(3,4)8-2/h7-8,10H,1-2,9H2,3-6H3. The van der Waals surface area contributed by atoms with Crippen LogP contribution in [0.25, 0.3) is 0 Å². The van der Waals surface area contributed by atoms with Crippen molar-refractivity contribution in [1.29, 1.82) is 0 Å². The molecule has 0 rings (SSSR count). The number of allylic oxidation sites excluding steroid dienone is 2. The first kappa shape index (κ1) is 11.5. The van der Waals surface area contributed by atoms with Crippen LogP contribution in [0.5, 0.6) is 0 Å². The highest BCUT2D eigenvalue weighted by atomic mass is 14.3. The minimum atomic E-state index is 0.118. The van der Waals surface area contributed by atoms with Crippen LogP contribution in [0.3, 0.4) is 0 Å². The molecule has 0 heteroatoms. The first-order chi connectivity index (χ1) is 5.33. The van der Waals surface area contributed by atoms with Crippen LogP contribution < -0.4 is 0 Å². The summed E-state index contributed by atoms with van der Waals surface area (Å²) in [6.07, 6.45) is 7.30. The third kappa shape index (κ3) is 4.38. The van der Waals surface area contributed by atoms with E-state index in [4.69, 9.17) is 0 Å². The van der Waals surface area contributed by atoms with Gasteiger partial charge >= 0.3 is 0 Å². The second-order valence-corrected chi connectivity index (χ2v) is 4.65. The number of hydrogen-bond acceptors (Lipinski definition) is 0. The van der Waals surface area contributed by atoms with E-state index in [2.05, 4.69) is 47.3 Å². The molecule has 0 unspecified atom stereocenters. The molecule has 0 fully saturated rings. The van der Waals surface area contributed by atoms with E-state index in [9.17, 15) is 0 Å². The van der Waals surface area contributed by atoms with E-state index in [1.807, 2.05) is 12.2 Å². The first-order valence-corrected chi connectivity index (χ1v) is 4.44. The van der Waals surface area contributed by atoms with Gasteiger partial charge in [0.05, 0.1) is 0 Å². The van der Waals surface area contributed by atoms with Crippen molar-refractivity contribution in [3.05, 3.63) is 31.7 Å². The lowest BCUT2D eigenvalue weighted by atomic mass is 9.73. The molecule has 0 bridgehead atoms. The van der Waals surface area contributed by atoms with Gasteiger partial charge in [-0.25, -0.2) is 0 Å². The van der Waals surface area contributed by atoms with E-state index in [0.717, 1.165) is 6.42 Å². The average Bonchev–Trinajstić information content (AvgIpc) is 1.85. The lowest BCUT2D eigenvalue weighted by molar-refractivity contribution is 0.354. The molecule has 0 nitrogen and oxygen atoms in total. The highest BCUT2D eigenvalue weighted by molar-refractivity contribution is 5.05. The molecule has 0 heterocycles. The van der Waals surface area contributed by atoms with Crippen LogP contribution in [-0.2, 0) is 0 Å². The van der Waals surface area contributed by atoms with E-state index in [0.29, 0.717) is 0 Å². The van der Waals surface area contributed by atoms with Crippen LogP contribution in [0, 0.1) is 17.3 Å². The fraction of sp³-hybridized carbons (Fsp3) is 0.583. The minimum absolute atomic E-state index is 0.118. The van der Waals surface area contributed by atoms with Crippen molar-refractivity contribution in [2.75, 3.05) is 0 Å². The molecule has 0 N–H and O–H groups in total. The SMILES string of the molecule is C=CCC(C)(C)[CH]C(C)(C)C=C. The molecule has 0 aromatic rings. The Hall–Kier alpha value is -0.520. The maximum absolute atomic E-state index is 3.82. The zero-order valence-electron chi connectivity index (χ0n) is 8.85. The van der Waals surface area contributed by atoms with Gasteiger partial charge in [0.15, 0.2) is 0 Å². The Labute approximate surface area is 77.4 Å². The Morgan fingerprint density at radius 3 is 1.92 bits per heavy atom. The fourth-order valence-electron chi connectivity index (χ4n) is 1.50. The molecule has 0 atom stereocenters. The monoisotopic (exact) mass is 165 g/mol. The zero-order chi connectivity index (χ0) is 9.83. The highest BCUT2D eigenvalue weighted by Gasteiger charge is 2.25. The van der Waals surface area contributed by atoms with Gasteiger partial charge < -0.3 is 0 Å². The Bertz CT molecular complexity index is 161. The van der Waals surface area contributed by atoms with Crippen LogP contribution in [0.4, 0.5) is 0 Å². The summed E-state index contributed by atoms with van der Waals surface area (Å²) in [5.74, 6) is 0. The van der Waals surface area contributed by atoms with Crippen LogP contribution in [0.2, 0.25) is 0 Å². The Morgan fingerprint density at radius 2 is 1.58 bits per heavy atom. The maximum Gasteiger partial charge on any atom is -0.0141 e. The molecular weight excluding hydrogens is 144 g/mol. The first-order valence-electron chi connectivity index (χ1n) is 4.44. The maximum atomic E-state index is 3.82. The second-order valence-electron chi connectivity index (χ2n) is 4.65. The molecular formula is C12H21. The van der Waals surface area contributed by atoms with Crippen molar-refractivity contribution in [2.24, 2.45) is 10.8 Å². The van der Waals surface area contributed by atoms with Crippen molar-refractivity contribution < 1.29 is 0 Å². The molecule has 0 saturated heterocycles. The molecule has 0 aromatic carbocycles. The lowest BCUT2D eigenvalue weighted by Crippen LogP contribution is -2.21. The van der Waals surface area contributed by atoms with Gasteiger partial charge in [0.25, 0.3) is 0 Å². The van der Waals surface area contributed by atoms with Crippen molar-refractivity contribution >= 4 is 0 Å². The topological polar surface area (TPSA) is 0 Å². The molecule has 0 spiro atoms. The van der Waals surface area contributed by atoms with Crippen molar-refractivity contribution in [3.8, 4) is 0 Å². The van der Waals surface area contributed by atoms with Gasteiger partial charge in [-0.3, -0.25) is 0 Å². The Kier molecular flexibility index (Phi) is 3.76. The minimum Gasteiger partial charge on any atom is -0.103 e. The van der Waals surface area contributed by atoms with Crippen molar-refractivity contribution in [3.63, 3.8) is 0 Å². The molecule has 0 saturated carbocycles. The predicted octanol–water partition coefficient (Wildman–Crippen LogP) is 4.01. The summed E-state index contributed by atoms with van der Waals surface area (Å²) in [6, 6.07) is 0. The summed E-state index contributed by atoms with van der Waals surface area (Å²) in [6.45, 7) is 16.4. The predicted molar refractivity (Wildman–Crippen MR) is 56.9 cm³/mol. The summed E-state index contributed by atoms with van der Waals surface area (Å²) < 4.78 is 0. The summed E-state index contributed by atoms with van der Waals surface area (Å²) in [5.41, 5.74) is 0.339. The molecule has 12 heavy (non-hydrogen) atoms. The number of hydrogen-bond donors (Lipinski definition) is 0. The smallest absolute Gasteiger partial charge is 0.0141 e.